The Kier molecular flexibility index (Phi) is 4.49. The first-order chi connectivity index (χ1) is 9.59. The molecule has 1 aromatic carbocycles. The van der Waals surface area contributed by atoms with E-state index < -0.39 is 5.54 Å². The second kappa shape index (κ2) is 6.13. The predicted molar refractivity (Wildman–Crippen MR) is 77.8 cm³/mol. The minimum atomic E-state index is -0.677. The van der Waals surface area contributed by atoms with Crippen molar-refractivity contribution in [2.24, 2.45) is 5.73 Å². The van der Waals surface area contributed by atoms with Gasteiger partial charge in [-0.15, -0.1) is 0 Å². The molecule has 20 heavy (non-hydrogen) atoms. The molecule has 0 aromatic heterocycles. The van der Waals surface area contributed by atoms with Gasteiger partial charge < -0.3 is 20.5 Å². The number of hydrogen-bond acceptors (Lipinski definition) is 4. The summed E-state index contributed by atoms with van der Waals surface area (Å²) >= 11 is 0. The third-order valence-electron chi connectivity index (χ3n) is 4.06. The number of nitrogens with two attached hydrogens (primary N) is 1. The molecule has 5 nitrogen and oxygen atoms in total. The van der Waals surface area contributed by atoms with Gasteiger partial charge in [-0.05, 0) is 49.9 Å². The SMILES string of the molecule is COc1ccc(NC2(C(N)=O)CCC(OC)CC2)cc1. The van der Waals surface area contributed by atoms with Crippen LogP contribution in [0.4, 0.5) is 5.69 Å². The predicted octanol–water partition coefficient (Wildman–Crippen LogP) is 1.92. The molecule has 1 saturated carbocycles. The molecule has 1 fully saturated rings. The minimum Gasteiger partial charge on any atom is -0.497 e. The van der Waals surface area contributed by atoms with Gasteiger partial charge in [-0.2, -0.15) is 0 Å². The monoisotopic (exact) mass is 278 g/mol. The first-order valence-corrected chi connectivity index (χ1v) is 6.84. The molecule has 0 heterocycles. The molecular weight excluding hydrogens is 256 g/mol. The standard InChI is InChI=1S/C15H22N2O3/c1-19-12-5-3-11(4-6-12)17-15(14(16)18)9-7-13(20-2)8-10-15/h3-6,13,17H,7-10H2,1-2H3,(H2,16,18). The Hall–Kier alpha value is -1.75. The van der Waals surface area contributed by atoms with E-state index in [4.69, 9.17) is 15.2 Å². The van der Waals surface area contributed by atoms with Crippen molar-refractivity contribution in [1.82, 2.24) is 0 Å². The van der Waals surface area contributed by atoms with Crippen molar-refractivity contribution in [3.8, 4) is 5.75 Å². The average Bonchev–Trinajstić information content (AvgIpc) is 2.48. The van der Waals surface area contributed by atoms with Crippen LogP contribution in [0.25, 0.3) is 0 Å². The number of anilines is 1. The topological polar surface area (TPSA) is 73.6 Å². The van der Waals surface area contributed by atoms with Crippen molar-refractivity contribution >= 4 is 11.6 Å². The number of hydrogen-bond donors (Lipinski definition) is 2. The lowest BCUT2D eigenvalue weighted by Crippen LogP contribution is -2.53. The van der Waals surface area contributed by atoms with E-state index in [1.165, 1.54) is 0 Å². The highest BCUT2D eigenvalue weighted by molar-refractivity contribution is 5.88. The Morgan fingerprint density at radius 3 is 2.30 bits per heavy atom. The number of methoxy groups -OCH3 is 2. The summed E-state index contributed by atoms with van der Waals surface area (Å²) in [5, 5.41) is 3.30. The molecule has 3 N–H and O–H groups in total. The van der Waals surface area contributed by atoms with E-state index in [2.05, 4.69) is 5.32 Å². The van der Waals surface area contributed by atoms with Gasteiger partial charge >= 0.3 is 0 Å². The van der Waals surface area contributed by atoms with Gasteiger partial charge in [-0.3, -0.25) is 4.79 Å². The van der Waals surface area contributed by atoms with Gasteiger partial charge in [-0.25, -0.2) is 0 Å². The molecule has 0 saturated heterocycles. The molecule has 5 heteroatoms. The molecule has 0 bridgehead atoms. The molecule has 2 rings (SSSR count). The summed E-state index contributed by atoms with van der Waals surface area (Å²) in [6.07, 6.45) is 3.27. The van der Waals surface area contributed by atoms with Crippen LogP contribution in [0.15, 0.2) is 24.3 Å². The lowest BCUT2D eigenvalue weighted by Gasteiger charge is -2.38. The maximum absolute atomic E-state index is 11.9. The van der Waals surface area contributed by atoms with E-state index in [-0.39, 0.29) is 12.0 Å². The van der Waals surface area contributed by atoms with E-state index in [0.717, 1.165) is 24.3 Å². The van der Waals surface area contributed by atoms with E-state index in [1.54, 1.807) is 14.2 Å². The summed E-state index contributed by atoms with van der Waals surface area (Å²) in [6.45, 7) is 0. The van der Waals surface area contributed by atoms with Crippen LogP contribution in [-0.2, 0) is 9.53 Å². The minimum absolute atomic E-state index is 0.222. The van der Waals surface area contributed by atoms with Gasteiger partial charge in [0, 0.05) is 12.8 Å². The zero-order valence-electron chi connectivity index (χ0n) is 12.0. The van der Waals surface area contributed by atoms with Crippen molar-refractivity contribution in [2.75, 3.05) is 19.5 Å². The lowest BCUT2D eigenvalue weighted by atomic mass is 9.79. The van der Waals surface area contributed by atoms with Crippen LogP contribution in [0.1, 0.15) is 25.7 Å². The molecule has 0 aliphatic heterocycles. The van der Waals surface area contributed by atoms with E-state index in [0.29, 0.717) is 12.8 Å². The van der Waals surface area contributed by atoms with Gasteiger partial charge in [0.1, 0.15) is 11.3 Å². The van der Waals surface area contributed by atoms with Crippen LogP contribution in [0.3, 0.4) is 0 Å². The molecule has 1 aliphatic rings. The lowest BCUT2D eigenvalue weighted by molar-refractivity contribution is -0.124. The van der Waals surface area contributed by atoms with E-state index in [1.807, 2.05) is 24.3 Å². The summed E-state index contributed by atoms with van der Waals surface area (Å²) in [7, 11) is 3.33. The van der Waals surface area contributed by atoms with Gasteiger partial charge in [0.25, 0.3) is 0 Å². The second-order valence-electron chi connectivity index (χ2n) is 5.23. The van der Waals surface area contributed by atoms with Gasteiger partial charge in [0.05, 0.1) is 13.2 Å². The fourth-order valence-corrected chi connectivity index (χ4v) is 2.70. The van der Waals surface area contributed by atoms with Gasteiger partial charge in [-0.1, -0.05) is 0 Å². The maximum Gasteiger partial charge on any atom is 0.243 e. The third-order valence-corrected chi connectivity index (χ3v) is 4.06. The normalized spacial score (nSPS) is 26.0. The van der Waals surface area contributed by atoms with E-state index in [9.17, 15) is 4.79 Å². The summed E-state index contributed by atoms with van der Waals surface area (Å²) in [6, 6.07) is 7.51. The first-order valence-electron chi connectivity index (χ1n) is 6.84. The van der Waals surface area contributed by atoms with Crippen molar-refractivity contribution in [2.45, 2.75) is 37.3 Å². The first kappa shape index (κ1) is 14.7. The number of amides is 1. The summed E-state index contributed by atoms with van der Waals surface area (Å²) in [4.78, 5) is 11.9. The zero-order chi connectivity index (χ0) is 14.6. The molecule has 1 amide bonds. The molecule has 0 spiro atoms. The van der Waals surface area contributed by atoms with Gasteiger partial charge in [0.2, 0.25) is 5.91 Å². The third kappa shape index (κ3) is 3.04. The number of nitrogens with one attached hydrogen (secondary N) is 1. The largest absolute Gasteiger partial charge is 0.497 e. The van der Waals surface area contributed by atoms with E-state index >= 15 is 0 Å². The maximum atomic E-state index is 11.9. The Morgan fingerprint density at radius 2 is 1.85 bits per heavy atom. The van der Waals surface area contributed by atoms with Crippen molar-refractivity contribution in [1.29, 1.82) is 0 Å². The highest BCUT2D eigenvalue weighted by atomic mass is 16.5. The van der Waals surface area contributed by atoms with Crippen molar-refractivity contribution in [3.63, 3.8) is 0 Å². The van der Waals surface area contributed by atoms with Crippen LogP contribution < -0.4 is 15.8 Å². The molecule has 1 aromatic rings. The fourth-order valence-electron chi connectivity index (χ4n) is 2.70. The van der Waals surface area contributed by atoms with Gasteiger partial charge in [0.15, 0.2) is 0 Å². The number of primary amides is 1. The molecule has 0 unspecified atom stereocenters. The van der Waals surface area contributed by atoms with Crippen LogP contribution in [-0.4, -0.2) is 31.8 Å². The zero-order valence-corrected chi connectivity index (χ0v) is 12.0. The highest BCUT2D eigenvalue weighted by Crippen LogP contribution is 2.33. The fraction of sp³-hybridized carbons (Fsp3) is 0.533. The summed E-state index contributed by atoms with van der Waals surface area (Å²) in [5.41, 5.74) is 5.82. The molecule has 0 atom stereocenters. The summed E-state index contributed by atoms with van der Waals surface area (Å²) < 4.78 is 10.5. The molecule has 110 valence electrons. The Labute approximate surface area is 119 Å². The highest BCUT2D eigenvalue weighted by Gasteiger charge is 2.40. The van der Waals surface area contributed by atoms with Crippen LogP contribution in [0.2, 0.25) is 0 Å². The molecule has 0 radical (unpaired) electrons. The summed E-state index contributed by atoms with van der Waals surface area (Å²) in [5.74, 6) is 0.481. The van der Waals surface area contributed by atoms with Crippen LogP contribution in [0.5, 0.6) is 5.75 Å². The Bertz CT molecular complexity index is 451. The number of ether oxygens (including phenoxy) is 2. The quantitative estimate of drug-likeness (QED) is 0.863. The second-order valence-corrected chi connectivity index (χ2v) is 5.23. The number of carbonyl (C=O) groups is 1. The van der Waals surface area contributed by atoms with Crippen molar-refractivity contribution < 1.29 is 14.3 Å². The van der Waals surface area contributed by atoms with Crippen LogP contribution in [0, 0.1) is 0 Å². The van der Waals surface area contributed by atoms with Crippen LogP contribution >= 0.6 is 0 Å². The molecular formula is C15H22N2O3. The smallest absolute Gasteiger partial charge is 0.243 e. The number of carbonyl (C=O) groups excluding carboxylic acids is 1. The van der Waals surface area contributed by atoms with Crippen molar-refractivity contribution in [3.05, 3.63) is 24.3 Å². The molecule has 1 aliphatic carbocycles. The number of benzene rings is 1. The Balaban J connectivity index is 2.11. The average molecular weight is 278 g/mol. The Morgan fingerprint density at radius 1 is 1.25 bits per heavy atom. The number of rotatable bonds is 5.